The summed E-state index contributed by atoms with van der Waals surface area (Å²) in [6.45, 7) is 3.06. The zero-order valence-corrected chi connectivity index (χ0v) is 38.5. The fourth-order valence-corrected chi connectivity index (χ4v) is 14.1. The van der Waals surface area contributed by atoms with E-state index in [9.17, 15) is 32.0 Å². The van der Waals surface area contributed by atoms with Crippen LogP contribution < -0.4 is 14.9 Å². The molecule has 6 fully saturated rings. The second-order valence-corrected chi connectivity index (χ2v) is 22.0. The number of halogens is 3. The highest BCUT2D eigenvalue weighted by Crippen LogP contribution is 2.66. The Morgan fingerprint density at radius 3 is 2.48 bits per heavy atom. The van der Waals surface area contributed by atoms with Gasteiger partial charge in [0.15, 0.2) is 5.82 Å². The van der Waals surface area contributed by atoms with E-state index in [2.05, 4.69) is 54.1 Å². The van der Waals surface area contributed by atoms with Crippen molar-refractivity contribution in [1.29, 1.82) is 0 Å². The first-order valence-corrected chi connectivity index (χ1v) is 25.5. The van der Waals surface area contributed by atoms with Crippen LogP contribution in [0.2, 0.25) is 0 Å². The third kappa shape index (κ3) is 7.60. The van der Waals surface area contributed by atoms with E-state index in [1.54, 1.807) is 17.2 Å². The van der Waals surface area contributed by atoms with E-state index in [4.69, 9.17) is 0 Å². The van der Waals surface area contributed by atoms with Gasteiger partial charge < -0.3 is 19.7 Å². The molecule has 2 aromatic heterocycles. The molecule has 8 heterocycles. The van der Waals surface area contributed by atoms with Crippen LogP contribution in [0.1, 0.15) is 101 Å². The lowest BCUT2D eigenvalue weighted by Crippen LogP contribution is -2.52. The Morgan fingerprint density at radius 1 is 0.913 bits per heavy atom. The molecule has 2 bridgehead atoms. The number of likely N-dealkylation sites (tertiary alicyclic amines) is 1. The van der Waals surface area contributed by atoms with Crippen LogP contribution in [0, 0.1) is 23.5 Å². The molecule has 3 aromatic carbocycles. The van der Waals surface area contributed by atoms with Crippen LogP contribution in [-0.2, 0) is 26.3 Å². The highest BCUT2D eigenvalue weighted by Gasteiger charge is 2.67. The Balaban J connectivity index is 0.686. The first-order valence-electron chi connectivity index (χ1n) is 24.0. The monoisotopic (exact) mass is 960 g/mol. The fourth-order valence-electron chi connectivity index (χ4n) is 12.8. The predicted octanol–water partition coefficient (Wildman–Crippen LogP) is 6.83. The minimum absolute atomic E-state index is 0.00624. The largest absolute Gasteiger partial charge is 0.363 e. The highest BCUT2D eigenvalue weighted by atomic mass is 32.2. The molecule has 5 saturated heterocycles. The van der Waals surface area contributed by atoms with Crippen molar-refractivity contribution in [3.8, 4) is 11.1 Å². The Morgan fingerprint density at radius 2 is 1.72 bits per heavy atom. The van der Waals surface area contributed by atoms with Crippen LogP contribution >= 0.6 is 0 Å². The number of benzene rings is 3. The number of anilines is 2. The number of H-pyrrole nitrogens is 1. The van der Waals surface area contributed by atoms with Crippen LogP contribution in [-0.4, -0.2) is 113 Å². The Hall–Kier alpha value is -6.11. The van der Waals surface area contributed by atoms with Crippen molar-refractivity contribution in [2.24, 2.45) is 11.8 Å². The van der Waals surface area contributed by atoms with E-state index in [1.807, 2.05) is 18.2 Å². The number of pyridine rings is 1. The topological polar surface area (TPSA) is 168 Å². The van der Waals surface area contributed by atoms with E-state index in [0.717, 1.165) is 72.9 Å². The van der Waals surface area contributed by atoms with Gasteiger partial charge in [-0.3, -0.25) is 29.2 Å². The number of rotatable bonds is 11. The Bertz CT molecular complexity index is 3090. The Labute approximate surface area is 396 Å². The van der Waals surface area contributed by atoms with Crippen molar-refractivity contribution < 1.29 is 40.8 Å². The third-order valence-corrected chi connectivity index (χ3v) is 17.7. The van der Waals surface area contributed by atoms with Crippen LogP contribution in [0.15, 0.2) is 73.1 Å². The molecule has 69 heavy (non-hydrogen) atoms. The van der Waals surface area contributed by atoms with Gasteiger partial charge in [-0.1, -0.05) is 24.3 Å². The number of amides is 3. The summed E-state index contributed by atoms with van der Waals surface area (Å²) in [5.74, 6) is -2.63. The summed E-state index contributed by atoms with van der Waals surface area (Å²) in [7, 11) is -4.36. The molecule has 6 aliphatic heterocycles. The summed E-state index contributed by atoms with van der Waals surface area (Å²) >= 11 is 0. The van der Waals surface area contributed by atoms with Gasteiger partial charge in [0.2, 0.25) is 17.6 Å². The summed E-state index contributed by atoms with van der Waals surface area (Å²) in [6.07, 6.45) is 9.07. The van der Waals surface area contributed by atoms with Crippen LogP contribution in [0.25, 0.3) is 22.2 Å². The number of alkyl halides is 1. The van der Waals surface area contributed by atoms with Crippen LogP contribution in [0.3, 0.4) is 0 Å². The molecule has 5 aromatic rings. The molecule has 14 nitrogen and oxygen atoms in total. The molecule has 7 aliphatic rings. The van der Waals surface area contributed by atoms with Crippen molar-refractivity contribution in [3.63, 3.8) is 0 Å². The summed E-state index contributed by atoms with van der Waals surface area (Å²) < 4.78 is 73.5. The second-order valence-electron chi connectivity index (χ2n) is 20.3. The van der Waals surface area contributed by atoms with Crippen molar-refractivity contribution in [2.75, 3.05) is 42.3 Å². The minimum atomic E-state index is -4.36. The number of aromatic amines is 1. The van der Waals surface area contributed by atoms with Gasteiger partial charge in [0.05, 0.1) is 11.3 Å². The standard InChI is InChI=1S/C51H51F3N8O6S/c52-35-13-16-60(27-35)69(67,68)58-42-8-7-41(53)45(46(42)54)47(64)40-24-56-48-39(40)19-32(23-55-48)29-1-4-36(5-2-29)62-37-17-28(21-51(62)22-34(51)20-37)25-59-14-11-30(12-15-59)31-3-6-38-33(18-31)26-61(50(38)66)43-9-10-44(63)57-49(43)65/h1-8,18-19,23-24,28,30,34-35,37,43,58H,9-17,20-22,25-27H2,(H,55,56)(H,57,63,65)/t28-,34+,35+,37-,43?,51?/m0/s1. The van der Waals surface area contributed by atoms with E-state index < -0.39 is 57.0 Å². The maximum atomic E-state index is 15.9. The SMILES string of the molecule is O=C1CCC(N2Cc3cc(C4CCN(C[C@H]5C[C@H]6C[C@@H]7CC7(C5)N6c5ccc(-c6cnc7[nH]cc(C(=O)c8c(F)ccc(NS(=O)(=O)N9CC[C@@H](F)C9)c8F)c7c6)cc5)CC4)ccc3C2=O)C(=O)N1. The summed E-state index contributed by atoms with van der Waals surface area (Å²) in [5.41, 5.74) is 4.54. The minimum Gasteiger partial charge on any atom is -0.363 e. The average molecular weight is 961 g/mol. The van der Waals surface area contributed by atoms with E-state index in [-0.39, 0.29) is 48.8 Å². The molecule has 2 unspecified atom stereocenters. The molecule has 1 aliphatic carbocycles. The van der Waals surface area contributed by atoms with Crippen molar-refractivity contribution in [2.45, 2.75) is 94.0 Å². The number of nitrogens with zero attached hydrogens (tertiary/aromatic N) is 5. The number of nitrogens with one attached hydrogen (secondary N) is 3. The number of carbonyl (C=O) groups is 4. The number of aromatic nitrogens is 2. The van der Waals surface area contributed by atoms with Crippen LogP contribution in [0.4, 0.5) is 24.5 Å². The Kier molecular flexibility index (Phi) is 10.6. The molecular formula is C51H51F3N8O6S. The number of piperidine rings is 4. The molecule has 0 radical (unpaired) electrons. The predicted molar refractivity (Wildman–Crippen MR) is 250 cm³/mol. The van der Waals surface area contributed by atoms with Crippen molar-refractivity contribution in [3.05, 3.63) is 113 Å². The summed E-state index contributed by atoms with van der Waals surface area (Å²) in [4.78, 5) is 65.7. The first kappa shape index (κ1) is 44.1. The third-order valence-electron chi connectivity index (χ3n) is 16.2. The van der Waals surface area contributed by atoms with E-state index in [0.29, 0.717) is 58.9 Å². The van der Waals surface area contributed by atoms with Gasteiger partial charge in [0.25, 0.3) is 5.91 Å². The fraction of sp³-hybridized carbons (Fsp3) is 0.431. The normalized spacial score (nSPS) is 27.2. The molecule has 3 amide bonds. The number of carbonyl (C=O) groups excluding carboxylic acids is 4. The first-order chi connectivity index (χ1) is 33.2. The van der Waals surface area contributed by atoms with Crippen molar-refractivity contribution in [1.82, 2.24) is 29.4 Å². The lowest BCUT2D eigenvalue weighted by molar-refractivity contribution is -0.136. The quantitative estimate of drug-likeness (QED) is 0.0950. The summed E-state index contributed by atoms with van der Waals surface area (Å²) in [6, 6.07) is 17.9. The highest BCUT2D eigenvalue weighted by molar-refractivity contribution is 7.90. The van der Waals surface area contributed by atoms with Gasteiger partial charge in [-0.25, -0.2) is 18.2 Å². The maximum absolute atomic E-state index is 15.9. The van der Waals surface area contributed by atoms with Crippen molar-refractivity contribution >= 4 is 56.1 Å². The average Bonchev–Trinajstić information content (AvgIpc) is 3.73. The molecular weight excluding hydrogens is 910 g/mol. The number of fused-ring (bicyclic) bond motifs is 3. The second kappa shape index (κ2) is 16.5. The summed E-state index contributed by atoms with van der Waals surface area (Å²) in [5, 5.41) is 2.73. The van der Waals surface area contributed by atoms with Gasteiger partial charge in [-0.2, -0.15) is 12.7 Å². The number of imide groups is 1. The smallest absolute Gasteiger partial charge is 0.301 e. The molecule has 6 atom stereocenters. The molecule has 3 N–H and O–H groups in total. The zero-order chi connectivity index (χ0) is 47.5. The van der Waals surface area contributed by atoms with Gasteiger partial charge in [0.1, 0.15) is 23.7 Å². The van der Waals surface area contributed by atoms with Gasteiger partial charge >= 0.3 is 10.2 Å². The molecule has 18 heteroatoms. The van der Waals surface area contributed by atoms with E-state index in [1.165, 1.54) is 30.3 Å². The maximum Gasteiger partial charge on any atom is 0.301 e. The molecule has 1 spiro atoms. The number of hydrogen-bond acceptors (Lipinski definition) is 9. The number of ketones is 1. The molecule has 12 rings (SSSR count). The van der Waals surface area contributed by atoms with E-state index >= 15 is 8.78 Å². The number of hydrogen-bond donors (Lipinski definition) is 3. The van der Waals surface area contributed by atoms with Gasteiger partial charge in [-0.15, -0.1) is 0 Å². The molecule has 1 saturated carbocycles. The van der Waals surface area contributed by atoms with Gasteiger partial charge in [-0.05, 0) is 135 Å². The van der Waals surface area contributed by atoms with Crippen LogP contribution in [0.5, 0.6) is 0 Å². The van der Waals surface area contributed by atoms with Gasteiger partial charge in [0, 0.05) is 84.3 Å². The lowest BCUT2D eigenvalue weighted by Gasteiger charge is -2.46. The lowest BCUT2D eigenvalue weighted by atomic mass is 9.84. The zero-order valence-electron chi connectivity index (χ0n) is 37.7. The molecule has 358 valence electrons.